The summed E-state index contributed by atoms with van der Waals surface area (Å²) in [6.07, 6.45) is 0. The van der Waals surface area contributed by atoms with Crippen LogP contribution in [0.1, 0.15) is 37.6 Å². The number of carbonyl (C=O) groups excluding carboxylic acids is 1. The number of nitrogens with one attached hydrogen (secondary N) is 2. The molecule has 0 radical (unpaired) electrons. The summed E-state index contributed by atoms with van der Waals surface area (Å²) in [7, 11) is -1.91. The highest BCUT2D eigenvalue weighted by Gasteiger charge is 2.17. The minimum atomic E-state index is -3.30. The van der Waals surface area contributed by atoms with Crippen LogP contribution in [-0.4, -0.2) is 26.4 Å². The first-order valence-electron chi connectivity index (χ1n) is 9.51. The van der Waals surface area contributed by atoms with Crippen LogP contribution in [0.3, 0.4) is 0 Å². The molecule has 3 aromatic rings. The van der Waals surface area contributed by atoms with Gasteiger partial charge in [-0.05, 0) is 44.5 Å². The van der Waals surface area contributed by atoms with Crippen LogP contribution in [0.4, 0.5) is 0 Å². The molecule has 0 atom stereocenters. The van der Waals surface area contributed by atoms with E-state index in [9.17, 15) is 13.2 Å². The van der Waals surface area contributed by atoms with E-state index in [1.165, 1.54) is 23.9 Å². The molecule has 2 aromatic carbocycles. The van der Waals surface area contributed by atoms with Crippen LogP contribution in [0, 0.1) is 20.8 Å². The molecule has 1 heterocycles. The number of nitrogens with zero attached hydrogens (tertiary/aromatic N) is 1. The first-order valence-corrected chi connectivity index (χ1v) is 12.0. The van der Waals surface area contributed by atoms with Crippen molar-refractivity contribution < 1.29 is 13.2 Å². The Hall–Kier alpha value is -2.55. The van der Waals surface area contributed by atoms with Gasteiger partial charge in [0.1, 0.15) is 9.88 Å². The van der Waals surface area contributed by atoms with Crippen molar-refractivity contribution in [2.45, 2.75) is 33.1 Å². The van der Waals surface area contributed by atoms with Gasteiger partial charge in [-0.1, -0.05) is 48.0 Å². The summed E-state index contributed by atoms with van der Waals surface area (Å²) in [4.78, 5) is 17.9. The van der Waals surface area contributed by atoms with Crippen LogP contribution in [0.2, 0.25) is 0 Å². The molecule has 0 fully saturated rings. The third-order valence-electron chi connectivity index (χ3n) is 4.76. The molecule has 0 aliphatic heterocycles. The minimum Gasteiger partial charge on any atom is -0.347 e. The lowest BCUT2D eigenvalue weighted by atomic mass is 10.1. The molecule has 30 heavy (non-hydrogen) atoms. The molecular formula is C22H25N3O3S2. The highest BCUT2D eigenvalue weighted by Crippen LogP contribution is 2.30. The van der Waals surface area contributed by atoms with Crippen LogP contribution in [0.15, 0.2) is 42.5 Å². The third-order valence-corrected chi connectivity index (χ3v) is 7.28. The van der Waals surface area contributed by atoms with Gasteiger partial charge in [-0.2, -0.15) is 0 Å². The SMILES string of the molecule is CNS(=O)(=O)Cc1ccc(CNC(=O)c2sc(-c3ccc(C)cc3C)nc2C)cc1. The fourth-order valence-electron chi connectivity index (χ4n) is 3.08. The van der Waals surface area contributed by atoms with Gasteiger partial charge in [0, 0.05) is 12.1 Å². The monoisotopic (exact) mass is 443 g/mol. The Morgan fingerprint density at radius 2 is 1.70 bits per heavy atom. The number of hydrogen-bond acceptors (Lipinski definition) is 5. The molecule has 158 valence electrons. The molecule has 8 heteroatoms. The third kappa shape index (κ3) is 5.33. The molecule has 3 rings (SSSR count). The Balaban J connectivity index is 1.67. The zero-order valence-corrected chi connectivity index (χ0v) is 19.1. The predicted molar refractivity (Wildman–Crippen MR) is 121 cm³/mol. The van der Waals surface area contributed by atoms with Gasteiger partial charge in [-0.15, -0.1) is 11.3 Å². The first kappa shape index (κ1) is 22.1. The van der Waals surface area contributed by atoms with E-state index in [2.05, 4.69) is 28.0 Å². The number of aromatic nitrogens is 1. The lowest BCUT2D eigenvalue weighted by molar-refractivity contribution is 0.0954. The van der Waals surface area contributed by atoms with Crippen molar-refractivity contribution in [2.24, 2.45) is 0 Å². The van der Waals surface area contributed by atoms with Gasteiger partial charge in [0.25, 0.3) is 5.91 Å². The van der Waals surface area contributed by atoms with Crippen LogP contribution >= 0.6 is 11.3 Å². The van der Waals surface area contributed by atoms with Crippen molar-refractivity contribution in [1.82, 2.24) is 15.0 Å². The molecule has 0 saturated heterocycles. The molecule has 0 bridgehead atoms. The van der Waals surface area contributed by atoms with Gasteiger partial charge >= 0.3 is 0 Å². The van der Waals surface area contributed by atoms with E-state index in [0.717, 1.165) is 21.7 Å². The molecule has 0 aliphatic rings. The molecule has 6 nitrogen and oxygen atoms in total. The molecule has 0 aliphatic carbocycles. The molecular weight excluding hydrogens is 418 g/mol. The van der Waals surface area contributed by atoms with Gasteiger partial charge in [0.05, 0.1) is 11.4 Å². The van der Waals surface area contributed by atoms with E-state index in [-0.39, 0.29) is 11.7 Å². The quantitative estimate of drug-likeness (QED) is 0.583. The van der Waals surface area contributed by atoms with Crippen molar-refractivity contribution in [3.05, 3.63) is 75.3 Å². The molecule has 0 unspecified atom stereocenters. The normalized spacial score (nSPS) is 11.5. The minimum absolute atomic E-state index is 0.0720. The Labute approximate surface area is 181 Å². The van der Waals surface area contributed by atoms with Gasteiger partial charge < -0.3 is 5.32 Å². The summed E-state index contributed by atoms with van der Waals surface area (Å²) < 4.78 is 25.6. The average Bonchev–Trinajstić information content (AvgIpc) is 3.08. The topological polar surface area (TPSA) is 88.2 Å². The lowest BCUT2D eigenvalue weighted by Crippen LogP contribution is -2.22. The molecule has 1 aromatic heterocycles. The number of carbonyl (C=O) groups is 1. The highest BCUT2D eigenvalue weighted by molar-refractivity contribution is 7.88. The van der Waals surface area contributed by atoms with E-state index < -0.39 is 10.0 Å². The number of aryl methyl sites for hydroxylation is 3. The second kappa shape index (κ2) is 9.07. The second-order valence-electron chi connectivity index (χ2n) is 7.21. The van der Waals surface area contributed by atoms with Gasteiger partial charge in [0.15, 0.2) is 0 Å². The standard InChI is InChI=1S/C22H25N3O3S2/c1-14-5-10-19(15(2)11-14)22-25-16(3)20(29-22)21(26)24-12-17-6-8-18(9-7-17)13-30(27,28)23-4/h5-11,23H,12-13H2,1-4H3,(H,24,26). The van der Waals surface area contributed by atoms with E-state index in [4.69, 9.17) is 0 Å². The smallest absolute Gasteiger partial charge is 0.263 e. The molecule has 2 N–H and O–H groups in total. The van der Waals surface area contributed by atoms with E-state index >= 15 is 0 Å². The lowest BCUT2D eigenvalue weighted by Gasteiger charge is -2.06. The Kier molecular flexibility index (Phi) is 6.70. The Morgan fingerprint density at radius 1 is 1.03 bits per heavy atom. The number of sulfonamides is 1. The van der Waals surface area contributed by atoms with Crippen molar-refractivity contribution in [2.75, 3.05) is 7.05 Å². The predicted octanol–water partition coefficient (Wildman–Crippen LogP) is 3.71. The summed E-state index contributed by atoms with van der Waals surface area (Å²) in [6.45, 7) is 6.29. The van der Waals surface area contributed by atoms with Crippen molar-refractivity contribution in [3.63, 3.8) is 0 Å². The maximum absolute atomic E-state index is 12.7. The number of hydrogen-bond donors (Lipinski definition) is 2. The van der Waals surface area contributed by atoms with Crippen LogP contribution in [0.25, 0.3) is 10.6 Å². The number of benzene rings is 2. The maximum atomic E-state index is 12.7. The zero-order valence-electron chi connectivity index (χ0n) is 17.4. The summed E-state index contributed by atoms with van der Waals surface area (Å²) >= 11 is 1.39. The first-order chi connectivity index (χ1) is 14.2. The molecule has 1 amide bonds. The number of rotatable bonds is 7. The van der Waals surface area contributed by atoms with Crippen molar-refractivity contribution in [1.29, 1.82) is 0 Å². The average molecular weight is 444 g/mol. The van der Waals surface area contributed by atoms with Crippen LogP contribution < -0.4 is 10.0 Å². The van der Waals surface area contributed by atoms with Crippen molar-refractivity contribution in [3.8, 4) is 10.6 Å². The van der Waals surface area contributed by atoms with Gasteiger partial charge in [0.2, 0.25) is 10.0 Å². The van der Waals surface area contributed by atoms with Crippen LogP contribution in [0.5, 0.6) is 0 Å². The molecule has 0 spiro atoms. The van der Waals surface area contributed by atoms with Gasteiger partial charge in [-0.25, -0.2) is 18.1 Å². The summed E-state index contributed by atoms with van der Waals surface area (Å²) in [6, 6.07) is 13.4. The van der Waals surface area contributed by atoms with E-state index in [0.29, 0.717) is 22.7 Å². The maximum Gasteiger partial charge on any atom is 0.263 e. The summed E-state index contributed by atoms with van der Waals surface area (Å²) in [5, 5.41) is 3.76. The number of thiazole rings is 1. The number of amides is 1. The summed E-state index contributed by atoms with van der Waals surface area (Å²) in [5.74, 6) is -0.236. The van der Waals surface area contributed by atoms with E-state index in [1.807, 2.05) is 38.1 Å². The summed E-state index contributed by atoms with van der Waals surface area (Å²) in [5.41, 5.74) is 5.66. The van der Waals surface area contributed by atoms with Crippen molar-refractivity contribution >= 4 is 27.3 Å². The van der Waals surface area contributed by atoms with E-state index in [1.54, 1.807) is 12.1 Å². The van der Waals surface area contributed by atoms with Crippen LogP contribution in [-0.2, 0) is 22.3 Å². The molecule has 0 saturated carbocycles. The fourth-order valence-corrected chi connectivity index (χ4v) is 4.93. The fraction of sp³-hybridized carbons (Fsp3) is 0.273. The Bertz CT molecular complexity index is 1170. The second-order valence-corrected chi connectivity index (χ2v) is 10.1. The highest BCUT2D eigenvalue weighted by atomic mass is 32.2. The largest absolute Gasteiger partial charge is 0.347 e. The zero-order chi connectivity index (χ0) is 21.9. The van der Waals surface area contributed by atoms with Gasteiger partial charge in [-0.3, -0.25) is 4.79 Å². The Morgan fingerprint density at radius 3 is 2.33 bits per heavy atom.